The van der Waals surface area contributed by atoms with Crippen LogP contribution in [0.2, 0.25) is 0 Å². The summed E-state index contributed by atoms with van der Waals surface area (Å²) in [6, 6.07) is 0.252. The maximum atomic E-state index is 12.4. The van der Waals surface area contributed by atoms with Crippen LogP contribution >= 0.6 is 0 Å². The highest BCUT2D eigenvalue weighted by Gasteiger charge is 2.44. The summed E-state index contributed by atoms with van der Waals surface area (Å²) < 4.78 is 37.1. The lowest BCUT2D eigenvalue weighted by Crippen LogP contribution is -2.36. The fourth-order valence-corrected chi connectivity index (χ4v) is 1.85. The van der Waals surface area contributed by atoms with Gasteiger partial charge >= 0.3 is 6.18 Å². The lowest BCUT2D eigenvalue weighted by molar-refractivity contribution is -0.171. The molecule has 1 fully saturated rings. The van der Waals surface area contributed by atoms with Crippen molar-refractivity contribution in [3.05, 3.63) is 0 Å². The Morgan fingerprint density at radius 3 is 2.14 bits per heavy atom. The standard InChI is InChI=1S/C10H18F3N/c1-7(2)8(3)14-5-4-9(6-14)10(11,12)13/h7-9H,4-6H2,1-3H3/t8-,9?/m1/s1. The number of rotatable bonds is 2. The summed E-state index contributed by atoms with van der Waals surface area (Å²) in [5, 5.41) is 0. The first kappa shape index (κ1) is 11.8. The molecular weight excluding hydrogens is 191 g/mol. The molecule has 4 heteroatoms. The van der Waals surface area contributed by atoms with Crippen molar-refractivity contribution in [3.8, 4) is 0 Å². The molecule has 84 valence electrons. The summed E-state index contributed by atoms with van der Waals surface area (Å²) in [6.45, 7) is 6.87. The molecule has 0 aliphatic carbocycles. The average molecular weight is 209 g/mol. The zero-order chi connectivity index (χ0) is 10.9. The lowest BCUT2D eigenvalue weighted by Gasteiger charge is -2.27. The van der Waals surface area contributed by atoms with Gasteiger partial charge in [-0.1, -0.05) is 13.8 Å². The molecule has 14 heavy (non-hydrogen) atoms. The average Bonchev–Trinajstić information content (AvgIpc) is 2.49. The quantitative estimate of drug-likeness (QED) is 0.676. The van der Waals surface area contributed by atoms with Crippen LogP contribution in [0, 0.1) is 11.8 Å². The van der Waals surface area contributed by atoms with Gasteiger partial charge in [0, 0.05) is 12.6 Å². The minimum absolute atomic E-state index is 0.183. The highest BCUT2D eigenvalue weighted by Crippen LogP contribution is 2.34. The van der Waals surface area contributed by atoms with Crippen molar-refractivity contribution in [2.45, 2.75) is 39.4 Å². The topological polar surface area (TPSA) is 3.24 Å². The van der Waals surface area contributed by atoms with E-state index in [1.165, 1.54) is 0 Å². The Labute approximate surface area is 83.3 Å². The van der Waals surface area contributed by atoms with Gasteiger partial charge in [-0.2, -0.15) is 13.2 Å². The van der Waals surface area contributed by atoms with Gasteiger partial charge in [0.1, 0.15) is 0 Å². The van der Waals surface area contributed by atoms with Gasteiger partial charge in [-0.25, -0.2) is 0 Å². The molecule has 0 spiro atoms. The second kappa shape index (κ2) is 4.09. The highest BCUT2D eigenvalue weighted by molar-refractivity contribution is 4.84. The minimum Gasteiger partial charge on any atom is -0.300 e. The molecular formula is C10H18F3N. The van der Waals surface area contributed by atoms with E-state index in [9.17, 15) is 13.2 Å². The van der Waals surface area contributed by atoms with Gasteiger partial charge in [0.15, 0.2) is 0 Å². The third-order valence-corrected chi connectivity index (χ3v) is 3.22. The predicted octanol–water partition coefficient (Wildman–Crippen LogP) is 2.92. The Morgan fingerprint density at radius 1 is 1.21 bits per heavy atom. The van der Waals surface area contributed by atoms with Gasteiger partial charge in [0.25, 0.3) is 0 Å². The van der Waals surface area contributed by atoms with E-state index in [0.29, 0.717) is 12.5 Å². The fourth-order valence-electron chi connectivity index (χ4n) is 1.85. The molecule has 1 unspecified atom stereocenters. The normalized spacial score (nSPS) is 27.2. The molecule has 2 atom stereocenters. The van der Waals surface area contributed by atoms with Crippen molar-refractivity contribution in [1.29, 1.82) is 0 Å². The molecule has 0 aromatic carbocycles. The van der Waals surface area contributed by atoms with Gasteiger partial charge < -0.3 is 0 Å². The first-order chi connectivity index (χ1) is 6.32. The molecule has 0 radical (unpaired) electrons. The van der Waals surface area contributed by atoms with Crippen molar-refractivity contribution < 1.29 is 13.2 Å². The maximum Gasteiger partial charge on any atom is 0.393 e. The molecule has 0 bridgehead atoms. The molecule has 0 N–H and O–H groups in total. The highest BCUT2D eigenvalue weighted by atomic mass is 19.4. The fraction of sp³-hybridized carbons (Fsp3) is 1.00. The molecule has 1 nitrogen and oxygen atoms in total. The molecule has 1 aliphatic rings. The SMILES string of the molecule is CC(C)[C@@H](C)N1CCC(C(F)(F)F)C1. The Bertz CT molecular complexity index is 188. The molecule has 0 amide bonds. The molecule has 0 aromatic rings. The van der Waals surface area contributed by atoms with Crippen molar-refractivity contribution in [1.82, 2.24) is 4.90 Å². The molecule has 0 saturated carbocycles. The summed E-state index contributed by atoms with van der Waals surface area (Å²) in [6.07, 6.45) is -3.74. The molecule has 1 rings (SSSR count). The minimum atomic E-state index is -4.01. The number of hydrogen-bond acceptors (Lipinski definition) is 1. The van der Waals surface area contributed by atoms with E-state index in [4.69, 9.17) is 0 Å². The number of halogens is 3. The third kappa shape index (κ3) is 2.62. The first-order valence-corrected chi connectivity index (χ1v) is 5.13. The van der Waals surface area contributed by atoms with Crippen molar-refractivity contribution in [2.24, 2.45) is 11.8 Å². The second-order valence-corrected chi connectivity index (χ2v) is 4.51. The smallest absolute Gasteiger partial charge is 0.300 e. The van der Waals surface area contributed by atoms with Crippen LogP contribution in [0.3, 0.4) is 0 Å². The van der Waals surface area contributed by atoms with Crippen LogP contribution in [0.4, 0.5) is 13.2 Å². The molecule has 1 aliphatic heterocycles. The molecule has 1 heterocycles. The van der Waals surface area contributed by atoms with Crippen molar-refractivity contribution in [3.63, 3.8) is 0 Å². The van der Waals surface area contributed by atoms with Crippen molar-refractivity contribution >= 4 is 0 Å². The van der Waals surface area contributed by atoms with E-state index in [1.807, 2.05) is 25.7 Å². The Kier molecular flexibility index (Phi) is 3.45. The van der Waals surface area contributed by atoms with E-state index in [0.717, 1.165) is 0 Å². The van der Waals surface area contributed by atoms with E-state index >= 15 is 0 Å². The van der Waals surface area contributed by atoms with E-state index in [2.05, 4.69) is 0 Å². The van der Waals surface area contributed by atoms with Crippen LogP contribution < -0.4 is 0 Å². The Hall–Kier alpha value is -0.250. The summed E-state index contributed by atoms with van der Waals surface area (Å²) in [4.78, 5) is 1.95. The van der Waals surface area contributed by atoms with E-state index in [1.54, 1.807) is 0 Å². The first-order valence-electron chi connectivity index (χ1n) is 5.13. The van der Waals surface area contributed by atoms with Crippen LogP contribution in [-0.4, -0.2) is 30.2 Å². The second-order valence-electron chi connectivity index (χ2n) is 4.51. The predicted molar refractivity (Wildman–Crippen MR) is 50.0 cm³/mol. The monoisotopic (exact) mass is 209 g/mol. The molecule has 1 saturated heterocycles. The Balaban J connectivity index is 2.49. The van der Waals surface area contributed by atoms with Gasteiger partial charge in [0.2, 0.25) is 0 Å². The Morgan fingerprint density at radius 2 is 1.79 bits per heavy atom. The largest absolute Gasteiger partial charge is 0.393 e. The van der Waals surface area contributed by atoms with E-state index < -0.39 is 12.1 Å². The number of likely N-dealkylation sites (tertiary alicyclic amines) is 1. The summed E-state index contributed by atoms with van der Waals surface area (Å²) >= 11 is 0. The number of nitrogens with zero attached hydrogens (tertiary/aromatic N) is 1. The van der Waals surface area contributed by atoms with Gasteiger partial charge in [0.05, 0.1) is 5.92 Å². The van der Waals surface area contributed by atoms with Gasteiger partial charge in [-0.05, 0) is 25.8 Å². The number of alkyl halides is 3. The van der Waals surface area contributed by atoms with Gasteiger partial charge in [-0.15, -0.1) is 0 Å². The summed E-state index contributed by atoms with van der Waals surface area (Å²) in [5.41, 5.74) is 0. The summed E-state index contributed by atoms with van der Waals surface area (Å²) in [5.74, 6) is -0.689. The summed E-state index contributed by atoms with van der Waals surface area (Å²) in [7, 11) is 0. The zero-order valence-electron chi connectivity index (χ0n) is 8.93. The zero-order valence-corrected chi connectivity index (χ0v) is 8.93. The number of hydrogen-bond donors (Lipinski definition) is 0. The van der Waals surface area contributed by atoms with Crippen LogP contribution in [0.5, 0.6) is 0 Å². The molecule has 0 aromatic heterocycles. The van der Waals surface area contributed by atoms with Crippen LogP contribution in [0.1, 0.15) is 27.2 Å². The lowest BCUT2D eigenvalue weighted by atomic mass is 10.1. The van der Waals surface area contributed by atoms with Crippen LogP contribution in [0.25, 0.3) is 0 Å². The van der Waals surface area contributed by atoms with Crippen LogP contribution in [0.15, 0.2) is 0 Å². The maximum absolute atomic E-state index is 12.4. The van der Waals surface area contributed by atoms with Crippen LogP contribution in [-0.2, 0) is 0 Å². The van der Waals surface area contributed by atoms with E-state index in [-0.39, 0.29) is 19.0 Å². The third-order valence-electron chi connectivity index (χ3n) is 3.22. The van der Waals surface area contributed by atoms with Crippen molar-refractivity contribution in [2.75, 3.05) is 13.1 Å². The van der Waals surface area contributed by atoms with Gasteiger partial charge in [-0.3, -0.25) is 4.90 Å².